The van der Waals surface area contributed by atoms with E-state index in [1.807, 2.05) is 0 Å². The predicted octanol–water partition coefficient (Wildman–Crippen LogP) is 2.59. The van der Waals surface area contributed by atoms with E-state index in [2.05, 4.69) is 0 Å². The molecule has 7 nitrogen and oxygen atoms in total. The van der Waals surface area contributed by atoms with Crippen LogP contribution < -0.4 is 9.47 Å². The first-order valence-electron chi connectivity index (χ1n) is 7.38. The van der Waals surface area contributed by atoms with Crippen molar-refractivity contribution in [3.05, 3.63) is 52.4 Å². The second-order valence-corrected chi connectivity index (χ2v) is 7.27. The van der Waals surface area contributed by atoms with Gasteiger partial charge in [-0.3, -0.25) is 0 Å². The number of phenolic OH excluding ortho intramolecular Hbond substituents is 2. The summed E-state index contributed by atoms with van der Waals surface area (Å²) in [7, 11) is -1.02. The number of sulfone groups is 1. The normalized spacial score (nSPS) is 11.7. The van der Waals surface area contributed by atoms with E-state index in [9.17, 15) is 23.9 Å². The number of phenols is 2. The molecule has 0 saturated heterocycles. The Bertz CT molecular complexity index is 989. The van der Waals surface area contributed by atoms with Gasteiger partial charge in [0, 0.05) is 0 Å². The van der Waals surface area contributed by atoms with E-state index in [4.69, 9.17) is 9.47 Å². The van der Waals surface area contributed by atoms with Gasteiger partial charge in [-0.15, -0.1) is 0 Å². The molecule has 0 aliphatic heterocycles. The average Bonchev–Trinajstić information content (AvgIpc) is 2.61. The molecular weight excluding hydrogens is 358 g/mol. The van der Waals surface area contributed by atoms with Gasteiger partial charge in [-0.2, -0.15) is 5.26 Å². The highest BCUT2D eigenvalue weighted by Crippen LogP contribution is 2.30. The Hall–Kier alpha value is -3.18. The van der Waals surface area contributed by atoms with Crippen LogP contribution in [0.2, 0.25) is 0 Å². The SMILES string of the molecule is COc1ccc(CS(=O)(=O)/C(C#N)=C\c2ccc(O)c(O)c2)cc1OC. The molecule has 0 radical (unpaired) electrons. The summed E-state index contributed by atoms with van der Waals surface area (Å²) in [6, 6.07) is 10.1. The highest BCUT2D eigenvalue weighted by atomic mass is 32.2. The molecule has 0 aliphatic carbocycles. The van der Waals surface area contributed by atoms with Gasteiger partial charge in [0.05, 0.1) is 20.0 Å². The lowest BCUT2D eigenvalue weighted by Crippen LogP contribution is -2.07. The number of hydrogen-bond acceptors (Lipinski definition) is 7. The zero-order valence-electron chi connectivity index (χ0n) is 14.1. The molecule has 0 spiro atoms. The van der Waals surface area contributed by atoms with E-state index in [0.29, 0.717) is 17.1 Å². The molecule has 136 valence electrons. The number of ether oxygens (including phenoxy) is 2. The first-order chi connectivity index (χ1) is 12.3. The van der Waals surface area contributed by atoms with Crippen molar-refractivity contribution >= 4 is 15.9 Å². The van der Waals surface area contributed by atoms with Crippen LogP contribution in [0.4, 0.5) is 0 Å². The van der Waals surface area contributed by atoms with Gasteiger partial charge in [0.25, 0.3) is 0 Å². The van der Waals surface area contributed by atoms with Crippen molar-refractivity contribution in [2.45, 2.75) is 5.75 Å². The van der Waals surface area contributed by atoms with E-state index in [-0.39, 0.29) is 11.3 Å². The monoisotopic (exact) mass is 375 g/mol. The van der Waals surface area contributed by atoms with E-state index in [1.165, 1.54) is 38.5 Å². The predicted molar refractivity (Wildman–Crippen MR) is 95.5 cm³/mol. The molecule has 2 N–H and O–H groups in total. The van der Waals surface area contributed by atoms with Crippen LogP contribution in [0.25, 0.3) is 6.08 Å². The summed E-state index contributed by atoms with van der Waals surface area (Å²) >= 11 is 0. The second kappa shape index (κ2) is 7.80. The number of methoxy groups -OCH3 is 2. The molecule has 0 saturated carbocycles. The number of nitrogens with zero attached hydrogens (tertiary/aromatic N) is 1. The third kappa shape index (κ3) is 4.26. The van der Waals surface area contributed by atoms with Gasteiger partial charge in [-0.05, 0) is 41.5 Å². The molecular formula is C18H17NO6S. The van der Waals surface area contributed by atoms with Crippen molar-refractivity contribution in [2.75, 3.05) is 14.2 Å². The number of nitriles is 1. The van der Waals surface area contributed by atoms with Crippen LogP contribution in [0.15, 0.2) is 41.3 Å². The molecule has 0 unspecified atom stereocenters. The number of aromatic hydroxyl groups is 2. The van der Waals surface area contributed by atoms with Gasteiger partial charge >= 0.3 is 0 Å². The minimum absolute atomic E-state index is 0.271. The fraction of sp³-hybridized carbons (Fsp3) is 0.167. The Morgan fingerprint density at radius 1 is 1.08 bits per heavy atom. The van der Waals surface area contributed by atoms with Crippen molar-refractivity contribution in [2.24, 2.45) is 0 Å². The first-order valence-corrected chi connectivity index (χ1v) is 9.03. The van der Waals surface area contributed by atoms with E-state index in [1.54, 1.807) is 18.2 Å². The average molecular weight is 375 g/mol. The highest BCUT2D eigenvalue weighted by Gasteiger charge is 2.20. The minimum Gasteiger partial charge on any atom is -0.504 e. The smallest absolute Gasteiger partial charge is 0.192 e. The maximum Gasteiger partial charge on any atom is 0.192 e. The van der Waals surface area contributed by atoms with Crippen molar-refractivity contribution in [1.29, 1.82) is 5.26 Å². The molecule has 8 heteroatoms. The lowest BCUT2D eigenvalue weighted by molar-refractivity contribution is 0.354. The first kappa shape index (κ1) is 19.1. The molecule has 0 aromatic heterocycles. The van der Waals surface area contributed by atoms with Crippen molar-refractivity contribution in [1.82, 2.24) is 0 Å². The van der Waals surface area contributed by atoms with Crippen LogP contribution in [-0.4, -0.2) is 32.9 Å². The zero-order valence-corrected chi connectivity index (χ0v) is 14.9. The van der Waals surface area contributed by atoms with Crippen LogP contribution in [0.1, 0.15) is 11.1 Å². The Morgan fingerprint density at radius 2 is 1.77 bits per heavy atom. The maximum atomic E-state index is 12.6. The molecule has 0 fully saturated rings. The fourth-order valence-electron chi connectivity index (χ4n) is 2.24. The van der Waals surface area contributed by atoms with Crippen molar-refractivity contribution in [3.63, 3.8) is 0 Å². The number of benzene rings is 2. The van der Waals surface area contributed by atoms with Gasteiger partial charge in [0.2, 0.25) is 0 Å². The summed E-state index contributed by atoms with van der Waals surface area (Å²) in [5.41, 5.74) is 0.699. The molecule has 2 rings (SSSR count). The summed E-state index contributed by atoms with van der Waals surface area (Å²) in [6.45, 7) is 0. The van der Waals surface area contributed by atoms with Crippen LogP contribution in [0.3, 0.4) is 0 Å². The molecule has 0 bridgehead atoms. The number of allylic oxidation sites excluding steroid dienone is 1. The Labute approximate surface area is 151 Å². The maximum absolute atomic E-state index is 12.6. The minimum atomic E-state index is -3.93. The van der Waals surface area contributed by atoms with Gasteiger partial charge in [-0.25, -0.2) is 8.42 Å². The van der Waals surface area contributed by atoms with Crippen molar-refractivity contribution < 1.29 is 28.1 Å². The zero-order chi connectivity index (χ0) is 19.3. The number of rotatable bonds is 6. The lowest BCUT2D eigenvalue weighted by atomic mass is 10.2. The lowest BCUT2D eigenvalue weighted by Gasteiger charge is -2.10. The van der Waals surface area contributed by atoms with E-state index < -0.39 is 26.2 Å². The Balaban J connectivity index is 2.36. The standard InChI is InChI=1S/C18H17NO6S/c1-24-17-6-4-13(9-18(17)25-2)11-26(22,23)14(10-19)7-12-3-5-15(20)16(21)8-12/h3-9,20-21H,11H2,1-2H3/b14-7-. The van der Waals surface area contributed by atoms with E-state index in [0.717, 1.165) is 6.08 Å². The van der Waals surface area contributed by atoms with Crippen LogP contribution in [0, 0.1) is 11.3 Å². The van der Waals surface area contributed by atoms with E-state index >= 15 is 0 Å². The number of hydrogen-bond donors (Lipinski definition) is 2. The summed E-state index contributed by atoms with van der Waals surface area (Å²) in [5, 5.41) is 28.1. The molecule has 0 amide bonds. The van der Waals surface area contributed by atoms with Gasteiger partial charge in [0.15, 0.2) is 32.8 Å². The molecule has 0 heterocycles. The third-order valence-electron chi connectivity index (χ3n) is 3.55. The van der Waals surface area contributed by atoms with Gasteiger partial charge in [0.1, 0.15) is 11.0 Å². The van der Waals surface area contributed by atoms with Crippen LogP contribution in [0.5, 0.6) is 23.0 Å². The topological polar surface area (TPSA) is 117 Å². The molecule has 2 aromatic rings. The molecule has 0 atom stereocenters. The quantitative estimate of drug-likeness (QED) is 0.589. The Kier molecular flexibility index (Phi) is 5.75. The summed E-state index contributed by atoms with van der Waals surface area (Å²) in [5.74, 6) is -0.311. The third-order valence-corrected chi connectivity index (χ3v) is 5.14. The summed E-state index contributed by atoms with van der Waals surface area (Å²) < 4.78 is 35.4. The second-order valence-electron chi connectivity index (χ2n) is 5.32. The van der Waals surface area contributed by atoms with Crippen LogP contribution >= 0.6 is 0 Å². The van der Waals surface area contributed by atoms with Crippen LogP contribution in [-0.2, 0) is 15.6 Å². The largest absolute Gasteiger partial charge is 0.504 e. The van der Waals surface area contributed by atoms with Gasteiger partial charge < -0.3 is 19.7 Å². The van der Waals surface area contributed by atoms with Gasteiger partial charge in [-0.1, -0.05) is 12.1 Å². The molecule has 26 heavy (non-hydrogen) atoms. The van der Waals surface area contributed by atoms with Crippen molar-refractivity contribution in [3.8, 4) is 29.1 Å². The highest BCUT2D eigenvalue weighted by molar-refractivity contribution is 7.95. The Morgan fingerprint density at radius 3 is 2.35 bits per heavy atom. The fourth-order valence-corrected chi connectivity index (χ4v) is 3.47. The summed E-state index contributed by atoms with van der Waals surface area (Å²) in [4.78, 5) is -0.461. The molecule has 2 aromatic carbocycles. The summed E-state index contributed by atoms with van der Waals surface area (Å²) in [6.07, 6.45) is 1.13. The molecule has 0 aliphatic rings.